The molecule has 1 aromatic rings. The minimum absolute atomic E-state index is 0.00270. The van der Waals surface area contributed by atoms with Crippen molar-refractivity contribution in [3.63, 3.8) is 0 Å². The van der Waals surface area contributed by atoms with Crippen LogP contribution in [0, 0.1) is 11.8 Å². The van der Waals surface area contributed by atoms with Crippen molar-refractivity contribution in [1.29, 1.82) is 0 Å². The van der Waals surface area contributed by atoms with Gasteiger partial charge in [-0.1, -0.05) is 13.8 Å². The van der Waals surface area contributed by atoms with Crippen molar-refractivity contribution in [2.75, 3.05) is 19.3 Å². The van der Waals surface area contributed by atoms with Gasteiger partial charge >= 0.3 is 5.69 Å². The molecule has 1 saturated heterocycles. The molecule has 0 spiro atoms. The number of carbonyl (C=O) groups excluding carboxylic acids is 1. The van der Waals surface area contributed by atoms with Gasteiger partial charge in [0.25, 0.3) is 5.56 Å². The van der Waals surface area contributed by atoms with E-state index in [0.29, 0.717) is 6.54 Å². The zero-order chi connectivity index (χ0) is 18.9. The molecule has 1 fully saturated rings. The summed E-state index contributed by atoms with van der Waals surface area (Å²) in [5.74, 6) is -0.0808. The van der Waals surface area contributed by atoms with Gasteiger partial charge in [0.15, 0.2) is 0 Å². The van der Waals surface area contributed by atoms with Crippen LogP contribution >= 0.6 is 0 Å². The predicted octanol–water partition coefficient (Wildman–Crippen LogP) is -1.35. The number of rotatable bonds is 5. The van der Waals surface area contributed by atoms with Crippen LogP contribution in [0.2, 0.25) is 0 Å². The third-order valence-corrected chi connectivity index (χ3v) is 5.27. The van der Waals surface area contributed by atoms with Gasteiger partial charge in [0.1, 0.15) is 0 Å². The summed E-state index contributed by atoms with van der Waals surface area (Å²) in [7, 11) is -2.04. The smallest absolute Gasteiger partial charge is 0.328 e. The number of carbonyl (C=O) groups is 1. The summed E-state index contributed by atoms with van der Waals surface area (Å²) >= 11 is 0. The highest BCUT2D eigenvalue weighted by Gasteiger charge is 2.38. The highest BCUT2D eigenvalue weighted by Crippen LogP contribution is 2.25. The molecule has 0 bridgehead atoms. The van der Waals surface area contributed by atoms with Crippen LogP contribution in [0.5, 0.6) is 0 Å². The normalized spacial score (nSPS) is 21.1. The maximum Gasteiger partial charge on any atom is 0.328 e. The van der Waals surface area contributed by atoms with Gasteiger partial charge in [-0.2, -0.15) is 0 Å². The van der Waals surface area contributed by atoms with Gasteiger partial charge in [-0.05, 0) is 11.8 Å². The summed E-state index contributed by atoms with van der Waals surface area (Å²) < 4.78 is 26.6. The third kappa shape index (κ3) is 4.57. The van der Waals surface area contributed by atoms with Crippen molar-refractivity contribution in [2.45, 2.75) is 26.3 Å². The lowest BCUT2D eigenvalue weighted by Gasteiger charge is -2.21. The molecule has 10 heteroatoms. The lowest BCUT2D eigenvalue weighted by Crippen LogP contribution is -2.42. The second-order valence-electron chi connectivity index (χ2n) is 6.86. The quantitative estimate of drug-likeness (QED) is 0.662. The molecule has 9 nitrogen and oxygen atoms in total. The van der Waals surface area contributed by atoms with Crippen LogP contribution in [0.15, 0.2) is 15.8 Å². The van der Waals surface area contributed by atoms with E-state index in [1.54, 1.807) is 4.90 Å². The molecule has 0 saturated carbocycles. The Morgan fingerprint density at radius 2 is 2.00 bits per heavy atom. The SMILES string of the molecule is CC(C)[C@H]1CN(C(=O)Cc2c[nH]c(=O)n(C)c2=O)C[C@@H]1NS(C)(=O)=O. The predicted molar refractivity (Wildman–Crippen MR) is 92.7 cm³/mol. The standard InChI is InChI=1S/C15H24N4O5S/c1-9(2)11-7-19(8-12(11)17-25(4,23)24)13(20)5-10-6-16-15(22)18(3)14(10)21/h6,9,11-12,17H,5,7-8H2,1-4H3,(H,16,22)/t11-,12+/m1/s1. The molecule has 1 aliphatic heterocycles. The van der Waals surface area contributed by atoms with E-state index in [4.69, 9.17) is 0 Å². The molecule has 2 atom stereocenters. The number of amides is 1. The van der Waals surface area contributed by atoms with Gasteiger partial charge in [-0.25, -0.2) is 17.9 Å². The molecule has 1 aromatic heterocycles. The lowest BCUT2D eigenvalue weighted by atomic mass is 9.92. The maximum atomic E-state index is 12.6. The van der Waals surface area contributed by atoms with Crippen LogP contribution in [0.3, 0.4) is 0 Å². The highest BCUT2D eigenvalue weighted by atomic mass is 32.2. The van der Waals surface area contributed by atoms with Crippen LogP contribution in [-0.2, 0) is 28.3 Å². The van der Waals surface area contributed by atoms with Gasteiger partial charge in [0, 0.05) is 37.9 Å². The molecule has 2 rings (SSSR count). The van der Waals surface area contributed by atoms with E-state index in [-0.39, 0.29) is 42.3 Å². The minimum Gasteiger partial charge on any atom is -0.340 e. The molecule has 25 heavy (non-hydrogen) atoms. The summed E-state index contributed by atoms with van der Waals surface area (Å²) in [6.07, 6.45) is 2.21. The number of nitrogens with one attached hydrogen (secondary N) is 2. The number of aromatic amines is 1. The van der Waals surface area contributed by atoms with E-state index in [2.05, 4.69) is 9.71 Å². The first-order chi connectivity index (χ1) is 11.5. The second-order valence-corrected chi connectivity index (χ2v) is 8.64. The van der Waals surface area contributed by atoms with Gasteiger partial charge in [0.2, 0.25) is 15.9 Å². The molecule has 1 aliphatic rings. The first kappa shape index (κ1) is 19.4. The molecule has 140 valence electrons. The van der Waals surface area contributed by atoms with Crippen molar-refractivity contribution in [1.82, 2.24) is 19.2 Å². The number of aromatic nitrogens is 2. The summed E-state index contributed by atoms with van der Waals surface area (Å²) in [4.78, 5) is 40.0. The topological polar surface area (TPSA) is 121 Å². The summed E-state index contributed by atoms with van der Waals surface area (Å²) in [5, 5.41) is 0. The molecule has 2 N–H and O–H groups in total. The van der Waals surface area contributed by atoms with Crippen molar-refractivity contribution >= 4 is 15.9 Å². The average Bonchev–Trinajstić information content (AvgIpc) is 2.90. The molecule has 0 unspecified atom stereocenters. The number of likely N-dealkylation sites (tertiary alicyclic amines) is 1. The summed E-state index contributed by atoms with van der Waals surface area (Å²) in [5.41, 5.74) is -0.852. The van der Waals surface area contributed by atoms with Gasteiger partial charge in [0.05, 0.1) is 12.7 Å². The Labute approximate surface area is 146 Å². The van der Waals surface area contributed by atoms with E-state index in [0.717, 1.165) is 10.8 Å². The van der Waals surface area contributed by atoms with Gasteiger partial charge in [-0.3, -0.25) is 14.2 Å². The number of H-pyrrole nitrogens is 1. The van der Waals surface area contributed by atoms with E-state index in [9.17, 15) is 22.8 Å². The van der Waals surface area contributed by atoms with Gasteiger partial charge in [-0.15, -0.1) is 0 Å². The molecular weight excluding hydrogens is 348 g/mol. The Morgan fingerprint density at radius 1 is 1.36 bits per heavy atom. The number of hydrogen-bond donors (Lipinski definition) is 2. The summed E-state index contributed by atoms with van der Waals surface area (Å²) in [6, 6.07) is -0.350. The molecule has 0 radical (unpaired) electrons. The number of sulfonamides is 1. The first-order valence-electron chi connectivity index (χ1n) is 8.02. The molecular formula is C15H24N4O5S. The Bertz CT molecular complexity index is 871. The van der Waals surface area contributed by atoms with Crippen molar-refractivity contribution in [3.8, 4) is 0 Å². The first-order valence-corrected chi connectivity index (χ1v) is 9.91. The maximum absolute atomic E-state index is 12.6. The minimum atomic E-state index is -3.38. The monoisotopic (exact) mass is 372 g/mol. The van der Waals surface area contributed by atoms with Crippen LogP contribution in [0.1, 0.15) is 19.4 Å². The van der Waals surface area contributed by atoms with Crippen LogP contribution in [0.4, 0.5) is 0 Å². The Morgan fingerprint density at radius 3 is 2.56 bits per heavy atom. The highest BCUT2D eigenvalue weighted by molar-refractivity contribution is 7.88. The molecule has 2 heterocycles. The zero-order valence-corrected chi connectivity index (χ0v) is 15.6. The van der Waals surface area contributed by atoms with Crippen molar-refractivity contribution < 1.29 is 13.2 Å². The second kappa shape index (κ2) is 7.12. The zero-order valence-electron chi connectivity index (χ0n) is 14.8. The molecule has 0 aromatic carbocycles. The van der Waals surface area contributed by atoms with Crippen molar-refractivity contribution in [2.24, 2.45) is 18.9 Å². The number of hydrogen-bond acceptors (Lipinski definition) is 5. The molecule has 1 amide bonds. The van der Waals surface area contributed by atoms with E-state index < -0.39 is 21.3 Å². The lowest BCUT2D eigenvalue weighted by molar-refractivity contribution is -0.129. The fourth-order valence-corrected chi connectivity index (χ4v) is 3.92. The Balaban J connectivity index is 2.16. The van der Waals surface area contributed by atoms with E-state index >= 15 is 0 Å². The van der Waals surface area contributed by atoms with Crippen LogP contribution in [-0.4, -0.2) is 54.2 Å². The molecule has 0 aliphatic carbocycles. The van der Waals surface area contributed by atoms with E-state index in [1.807, 2.05) is 13.8 Å². The van der Waals surface area contributed by atoms with E-state index in [1.165, 1.54) is 13.2 Å². The average molecular weight is 372 g/mol. The van der Waals surface area contributed by atoms with Gasteiger partial charge < -0.3 is 9.88 Å². The third-order valence-electron chi connectivity index (χ3n) is 4.54. The number of nitrogens with zero attached hydrogens (tertiary/aromatic N) is 2. The van der Waals surface area contributed by atoms with Crippen LogP contribution < -0.4 is 16.0 Å². The summed E-state index contributed by atoms with van der Waals surface area (Å²) in [6.45, 7) is 4.65. The van der Waals surface area contributed by atoms with Crippen LogP contribution in [0.25, 0.3) is 0 Å². The largest absolute Gasteiger partial charge is 0.340 e. The fourth-order valence-electron chi connectivity index (χ4n) is 3.12. The fraction of sp³-hybridized carbons (Fsp3) is 0.667. The Kier molecular flexibility index (Phi) is 5.52. The Hall–Kier alpha value is -1.94. The van der Waals surface area contributed by atoms with Crippen molar-refractivity contribution in [3.05, 3.63) is 32.6 Å².